The number of anilines is 1. The van der Waals surface area contributed by atoms with E-state index in [-0.39, 0.29) is 36.2 Å². The van der Waals surface area contributed by atoms with Gasteiger partial charge in [-0.25, -0.2) is 19.4 Å². The second-order valence-electron chi connectivity index (χ2n) is 10.3. The van der Waals surface area contributed by atoms with Crippen molar-refractivity contribution in [1.29, 1.82) is 0 Å². The Morgan fingerprint density at radius 1 is 0.769 bits per heavy atom. The summed E-state index contributed by atoms with van der Waals surface area (Å²) in [5.74, 6) is 0.983. The van der Waals surface area contributed by atoms with Gasteiger partial charge in [0.15, 0.2) is 0 Å². The molecule has 0 radical (unpaired) electrons. The predicted molar refractivity (Wildman–Crippen MR) is 146 cm³/mol. The van der Waals surface area contributed by atoms with Crippen LogP contribution < -0.4 is 31.5 Å². The zero-order valence-electron chi connectivity index (χ0n) is 22.4. The average molecular weight is 544 g/mol. The molecule has 4 heterocycles. The Kier molecular flexibility index (Phi) is 10.4. The molecule has 1 aromatic rings. The van der Waals surface area contributed by atoms with E-state index in [1.165, 1.54) is 0 Å². The van der Waals surface area contributed by atoms with Crippen LogP contribution in [0.4, 0.5) is 20.2 Å². The van der Waals surface area contributed by atoms with Crippen molar-refractivity contribution in [3.05, 3.63) is 24.4 Å². The lowest BCUT2D eigenvalue weighted by atomic mass is 10.0. The van der Waals surface area contributed by atoms with Gasteiger partial charge in [-0.2, -0.15) is 0 Å². The van der Waals surface area contributed by atoms with Crippen LogP contribution in [0.3, 0.4) is 0 Å². The van der Waals surface area contributed by atoms with Crippen LogP contribution in [-0.2, 0) is 4.79 Å². The summed E-state index contributed by atoms with van der Waals surface area (Å²) in [4.78, 5) is 58.1. The minimum atomic E-state index is -0.267. The van der Waals surface area contributed by atoms with Crippen molar-refractivity contribution >= 4 is 30.3 Å². The molecule has 3 aliphatic heterocycles. The summed E-state index contributed by atoms with van der Waals surface area (Å²) in [5.41, 5.74) is 0. The van der Waals surface area contributed by atoms with E-state index in [9.17, 15) is 19.2 Å². The lowest BCUT2D eigenvalue weighted by molar-refractivity contribution is -0.109. The number of likely N-dealkylation sites (tertiary alicyclic amines) is 2. The first-order chi connectivity index (χ1) is 19.0. The van der Waals surface area contributed by atoms with Gasteiger partial charge in [0.1, 0.15) is 5.82 Å². The minimum Gasteiger partial charge on any atom is -0.357 e. The number of urea groups is 3. The number of nitrogens with zero attached hydrogens (tertiary/aromatic N) is 4. The van der Waals surface area contributed by atoms with Crippen LogP contribution in [0.1, 0.15) is 38.5 Å². The minimum absolute atomic E-state index is 0.0112. The molecule has 5 N–H and O–H groups in total. The summed E-state index contributed by atoms with van der Waals surface area (Å²) in [7, 11) is 0. The number of amides is 7. The quantitative estimate of drug-likeness (QED) is 0.237. The second kappa shape index (κ2) is 14.4. The maximum Gasteiger partial charge on any atom is 0.317 e. The fourth-order valence-corrected chi connectivity index (χ4v) is 5.32. The third kappa shape index (κ3) is 8.62. The van der Waals surface area contributed by atoms with Crippen molar-refractivity contribution in [2.45, 2.75) is 56.7 Å². The topological polar surface area (TPSA) is 151 Å². The molecule has 0 bridgehead atoms. The summed E-state index contributed by atoms with van der Waals surface area (Å²) in [6.45, 7) is 4.87. The van der Waals surface area contributed by atoms with E-state index in [0.717, 1.165) is 44.6 Å². The fourth-order valence-electron chi connectivity index (χ4n) is 5.32. The number of rotatable bonds is 8. The van der Waals surface area contributed by atoms with Crippen molar-refractivity contribution in [1.82, 2.24) is 41.4 Å². The molecule has 0 spiro atoms. The summed E-state index contributed by atoms with van der Waals surface area (Å²) in [6.07, 6.45) is 7.02. The van der Waals surface area contributed by atoms with Crippen molar-refractivity contribution in [2.24, 2.45) is 0 Å². The SMILES string of the molecule is O=CNCCNC(=O)NC1CCN(C(=O)NC2CCN(C(=O)NC3CCN(c4ccccn4)CC3)CC2)CC1. The number of pyridine rings is 1. The molecule has 3 saturated heterocycles. The maximum absolute atomic E-state index is 12.8. The number of piperidine rings is 3. The highest BCUT2D eigenvalue weighted by atomic mass is 16.2. The molecule has 4 rings (SSSR count). The van der Waals surface area contributed by atoms with Gasteiger partial charge >= 0.3 is 18.1 Å². The van der Waals surface area contributed by atoms with E-state index in [2.05, 4.69) is 36.5 Å². The number of nitrogens with one attached hydrogen (secondary N) is 5. The summed E-state index contributed by atoms with van der Waals surface area (Å²) >= 11 is 0. The fraction of sp³-hybridized carbons (Fsp3) is 0.654. The van der Waals surface area contributed by atoms with Crippen molar-refractivity contribution < 1.29 is 19.2 Å². The monoisotopic (exact) mass is 543 g/mol. The van der Waals surface area contributed by atoms with Crippen LogP contribution in [0.5, 0.6) is 0 Å². The van der Waals surface area contributed by atoms with E-state index >= 15 is 0 Å². The van der Waals surface area contributed by atoms with Gasteiger partial charge in [-0.15, -0.1) is 0 Å². The molecule has 1 aromatic heterocycles. The Balaban J connectivity index is 1.08. The van der Waals surface area contributed by atoms with E-state index in [0.29, 0.717) is 58.5 Å². The molecule has 13 heteroatoms. The Hall–Kier alpha value is -3.77. The highest BCUT2D eigenvalue weighted by Crippen LogP contribution is 2.18. The first kappa shape index (κ1) is 28.2. The largest absolute Gasteiger partial charge is 0.357 e. The first-order valence-electron chi connectivity index (χ1n) is 14.0. The van der Waals surface area contributed by atoms with Gasteiger partial charge < -0.3 is 41.3 Å². The molecule has 0 saturated carbocycles. The van der Waals surface area contributed by atoms with E-state index in [4.69, 9.17) is 0 Å². The van der Waals surface area contributed by atoms with Gasteiger partial charge in [0.2, 0.25) is 6.41 Å². The summed E-state index contributed by atoms with van der Waals surface area (Å²) < 4.78 is 0. The van der Waals surface area contributed by atoms with Crippen molar-refractivity contribution in [3.63, 3.8) is 0 Å². The lowest BCUT2D eigenvalue weighted by Gasteiger charge is -2.37. The van der Waals surface area contributed by atoms with Gasteiger partial charge in [-0.05, 0) is 50.7 Å². The Labute approximate surface area is 229 Å². The molecular formula is C26H41N9O4. The molecule has 3 aliphatic rings. The Morgan fingerprint density at radius 3 is 1.82 bits per heavy atom. The molecule has 3 fully saturated rings. The number of hydrogen-bond donors (Lipinski definition) is 5. The predicted octanol–water partition coefficient (Wildman–Crippen LogP) is 0.444. The standard InChI is InChI=1S/C26H41N9O4/c36-19-27-11-12-29-24(37)30-20-6-15-34(16-7-20)26(39)32-22-8-17-35(18-9-22)25(38)31-21-4-13-33(14-5-21)23-3-1-2-10-28-23/h1-3,10,19-22H,4-9,11-18H2,(H,27,36)(H,31,38)(H,32,39)(H2,29,30,37). The third-order valence-electron chi connectivity index (χ3n) is 7.66. The Bertz CT molecular complexity index is 942. The van der Waals surface area contributed by atoms with E-state index < -0.39 is 0 Å². The molecule has 7 amide bonds. The molecule has 39 heavy (non-hydrogen) atoms. The molecule has 214 valence electrons. The number of hydrogen-bond acceptors (Lipinski definition) is 6. The molecule has 0 aromatic carbocycles. The van der Waals surface area contributed by atoms with E-state index in [1.807, 2.05) is 23.1 Å². The van der Waals surface area contributed by atoms with Gasteiger partial charge in [-0.3, -0.25) is 4.79 Å². The highest BCUT2D eigenvalue weighted by molar-refractivity contribution is 5.76. The van der Waals surface area contributed by atoms with Crippen LogP contribution in [-0.4, -0.2) is 110 Å². The van der Waals surface area contributed by atoms with Gasteiger partial charge in [0.05, 0.1) is 0 Å². The molecule has 0 aliphatic carbocycles. The van der Waals surface area contributed by atoms with E-state index in [1.54, 1.807) is 11.1 Å². The number of carbonyl (C=O) groups excluding carboxylic acids is 4. The average Bonchev–Trinajstić information content (AvgIpc) is 2.97. The number of aromatic nitrogens is 1. The Morgan fingerprint density at radius 2 is 1.31 bits per heavy atom. The van der Waals surface area contributed by atoms with Gasteiger partial charge in [0, 0.05) is 76.7 Å². The second-order valence-corrected chi connectivity index (χ2v) is 10.3. The lowest BCUT2D eigenvalue weighted by Crippen LogP contribution is -2.55. The number of carbonyl (C=O) groups is 4. The first-order valence-corrected chi connectivity index (χ1v) is 14.0. The van der Waals surface area contributed by atoms with Crippen LogP contribution in [0, 0.1) is 0 Å². The van der Waals surface area contributed by atoms with Crippen LogP contribution >= 0.6 is 0 Å². The van der Waals surface area contributed by atoms with Crippen LogP contribution in [0.2, 0.25) is 0 Å². The molecule has 0 atom stereocenters. The van der Waals surface area contributed by atoms with Gasteiger partial charge in [-0.1, -0.05) is 6.07 Å². The zero-order valence-corrected chi connectivity index (χ0v) is 22.4. The maximum atomic E-state index is 12.8. The highest BCUT2D eigenvalue weighted by Gasteiger charge is 2.29. The van der Waals surface area contributed by atoms with Crippen LogP contribution in [0.25, 0.3) is 0 Å². The van der Waals surface area contributed by atoms with Crippen molar-refractivity contribution in [2.75, 3.05) is 57.3 Å². The third-order valence-corrected chi connectivity index (χ3v) is 7.66. The molecule has 0 unspecified atom stereocenters. The normalized spacial score (nSPS) is 19.2. The summed E-state index contributed by atoms with van der Waals surface area (Å²) in [6, 6.07) is 5.77. The molecular weight excluding hydrogens is 502 g/mol. The smallest absolute Gasteiger partial charge is 0.317 e. The van der Waals surface area contributed by atoms with Gasteiger partial charge in [0.25, 0.3) is 0 Å². The summed E-state index contributed by atoms with van der Waals surface area (Å²) in [5, 5.41) is 14.4. The van der Waals surface area contributed by atoms with Crippen LogP contribution in [0.15, 0.2) is 24.4 Å². The van der Waals surface area contributed by atoms with Crippen molar-refractivity contribution in [3.8, 4) is 0 Å². The zero-order chi connectivity index (χ0) is 27.5. The molecule has 13 nitrogen and oxygen atoms in total.